The molecule has 2 unspecified atom stereocenters. The lowest BCUT2D eigenvalue weighted by Crippen LogP contribution is -2.35. The molecule has 230 valence electrons. The number of aliphatic hydroxyl groups is 2. The van der Waals surface area contributed by atoms with E-state index < -0.39 is 61.7 Å². The molecule has 0 spiro atoms. The lowest BCUT2D eigenvalue weighted by atomic mass is 10.1. The number of hydrogen-bond donors (Lipinski definition) is 5. The van der Waals surface area contributed by atoms with E-state index in [0.717, 1.165) is 35.3 Å². The van der Waals surface area contributed by atoms with Crippen LogP contribution in [0.3, 0.4) is 0 Å². The van der Waals surface area contributed by atoms with Gasteiger partial charge in [-0.25, -0.2) is 19.0 Å². The van der Waals surface area contributed by atoms with Gasteiger partial charge < -0.3 is 35.1 Å². The average Bonchev–Trinajstić information content (AvgIpc) is 3.57. The van der Waals surface area contributed by atoms with Crippen molar-refractivity contribution < 1.29 is 52.9 Å². The first-order chi connectivity index (χ1) is 20.4. The third-order valence-electron chi connectivity index (χ3n) is 6.04. The van der Waals surface area contributed by atoms with Crippen LogP contribution in [-0.4, -0.2) is 78.4 Å². The van der Waals surface area contributed by atoms with E-state index in [9.17, 15) is 39.6 Å². The van der Waals surface area contributed by atoms with Crippen molar-refractivity contribution >= 4 is 25.3 Å². The van der Waals surface area contributed by atoms with Crippen LogP contribution in [0.2, 0.25) is 0 Å². The molecule has 1 aliphatic heterocycles. The van der Waals surface area contributed by atoms with Crippen LogP contribution in [0.5, 0.6) is 11.5 Å². The minimum Gasteiger partial charge on any atom is -0.508 e. The first-order valence-electron chi connectivity index (χ1n) is 12.5. The number of carbonyl (C=O) groups is 2. The smallest absolute Gasteiger partial charge is 0.459 e. The first kappa shape index (κ1) is 31.5. The van der Waals surface area contributed by atoms with Crippen LogP contribution in [-0.2, 0) is 23.4 Å². The largest absolute Gasteiger partial charge is 0.508 e. The molecule has 1 amide bonds. The summed E-state index contributed by atoms with van der Waals surface area (Å²) in [5.41, 5.74) is 5.07. The number of benzene rings is 2. The van der Waals surface area contributed by atoms with Gasteiger partial charge in [-0.15, -0.1) is 5.10 Å². The van der Waals surface area contributed by atoms with E-state index in [4.69, 9.17) is 24.3 Å². The Labute approximate surface area is 242 Å². The molecule has 0 saturated carbocycles. The Bertz CT molecular complexity index is 1500. The number of rotatable bonds is 13. The van der Waals surface area contributed by atoms with Gasteiger partial charge in [0.05, 0.1) is 18.1 Å². The SMILES string of the molecule is CCOC(=O)[C@@H](NP(=O)(OCC1O[C@@H](n2cnc(C(N)=O)n2)[C@H](O)[C@@H]1O)Oc1ccc([N+](=O)[O-])cc1)c1ccc(O)cc1. The summed E-state index contributed by atoms with van der Waals surface area (Å²) in [5, 5.41) is 48.1. The van der Waals surface area contributed by atoms with Gasteiger partial charge in [-0.2, -0.15) is 5.09 Å². The van der Waals surface area contributed by atoms with Gasteiger partial charge in [0.15, 0.2) is 6.23 Å². The maximum absolute atomic E-state index is 14.1. The summed E-state index contributed by atoms with van der Waals surface area (Å²) in [6.07, 6.45) is -4.83. The molecule has 2 aromatic carbocycles. The number of nitro groups is 1. The molecule has 0 radical (unpaired) electrons. The summed E-state index contributed by atoms with van der Waals surface area (Å²) in [7, 11) is -4.64. The summed E-state index contributed by atoms with van der Waals surface area (Å²) in [5.74, 6) is -2.44. The third kappa shape index (κ3) is 7.50. The number of non-ortho nitro benzene ring substituents is 1. The molecule has 0 bridgehead atoms. The van der Waals surface area contributed by atoms with Crippen molar-refractivity contribution in [2.24, 2.45) is 5.73 Å². The van der Waals surface area contributed by atoms with Crippen molar-refractivity contribution in [3.8, 4) is 11.5 Å². The molecular formula is C24H27N6O12P. The second-order valence-electron chi connectivity index (χ2n) is 9.00. The Balaban J connectivity index is 1.60. The van der Waals surface area contributed by atoms with Gasteiger partial charge in [-0.1, -0.05) is 12.1 Å². The van der Waals surface area contributed by atoms with Crippen molar-refractivity contribution in [2.75, 3.05) is 13.2 Å². The predicted octanol–water partition coefficient (Wildman–Crippen LogP) is 0.708. The van der Waals surface area contributed by atoms with Crippen LogP contribution in [0.25, 0.3) is 0 Å². The summed E-state index contributed by atoms with van der Waals surface area (Å²) in [6, 6.07) is 8.31. The number of nitrogens with one attached hydrogen (secondary N) is 1. The zero-order valence-corrected chi connectivity index (χ0v) is 23.2. The van der Waals surface area contributed by atoms with Crippen molar-refractivity contribution in [1.82, 2.24) is 19.9 Å². The molecule has 1 aliphatic rings. The van der Waals surface area contributed by atoms with E-state index in [0.29, 0.717) is 0 Å². The highest BCUT2D eigenvalue weighted by Gasteiger charge is 2.46. The number of nitrogens with zero attached hydrogens (tertiary/aromatic N) is 4. The monoisotopic (exact) mass is 622 g/mol. The number of nitrogens with two attached hydrogens (primary N) is 1. The normalized spacial score (nSPS) is 21.9. The zero-order valence-electron chi connectivity index (χ0n) is 22.3. The summed E-state index contributed by atoms with van der Waals surface area (Å²) in [6.45, 7) is 0.830. The number of phenolic OH excluding ortho intramolecular Hbond substituents is 1. The lowest BCUT2D eigenvalue weighted by Gasteiger charge is -2.26. The number of amides is 1. The Morgan fingerprint density at radius 3 is 2.44 bits per heavy atom. The van der Waals surface area contributed by atoms with Crippen LogP contribution in [0.4, 0.5) is 5.69 Å². The molecule has 4 rings (SSSR count). The molecular weight excluding hydrogens is 595 g/mol. The van der Waals surface area contributed by atoms with E-state index in [1.165, 1.54) is 24.3 Å². The molecule has 6 N–H and O–H groups in total. The van der Waals surface area contributed by atoms with Crippen molar-refractivity contribution in [1.29, 1.82) is 0 Å². The quantitative estimate of drug-likeness (QED) is 0.0760. The lowest BCUT2D eigenvalue weighted by molar-refractivity contribution is -0.384. The predicted molar refractivity (Wildman–Crippen MR) is 142 cm³/mol. The number of hydrogen-bond acceptors (Lipinski definition) is 14. The number of aliphatic hydroxyl groups excluding tert-OH is 2. The second kappa shape index (κ2) is 13.2. The Morgan fingerprint density at radius 1 is 1.19 bits per heavy atom. The van der Waals surface area contributed by atoms with E-state index in [-0.39, 0.29) is 35.2 Å². The van der Waals surface area contributed by atoms with Crippen LogP contribution < -0.4 is 15.3 Å². The maximum atomic E-state index is 14.1. The number of ether oxygens (including phenoxy) is 2. The highest BCUT2D eigenvalue weighted by Crippen LogP contribution is 2.48. The molecule has 2 heterocycles. The fourth-order valence-corrected chi connectivity index (χ4v) is 5.43. The summed E-state index contributed by atoms with van der Waals surface area (Å²) >= 11 is 0. The van der Waals surface area contributed by atoms with Crippen LogP contribution in [0.15, 0.2) is 54.9 Å². The maximum Gasteiger partial charge on any atom is 0.459 e. The molecule has 0 aliphatic carbocycles. The van der Waals surface area contributed by atoms with Gasteiger partial charge >= 0.3 is 13.7 Å². The molecule has 19 heteroatoms. The topological polar surface area (TPSA) is 261 Å². The summed E-state index contributed by atoms with van der Waals surface area (Å²) in [4.78, 5) is 38.3. The zero-order chi connectivity index (χ0) is 31.3. The Hall–Kier alpha value is -4.45. The summed E-state index contributed by atoms with van der Waals surface area (Å²) < 4.78 is 36.9. The number of phenols is 1. The van der Waals surface area contributed by atoms with Crippen molar-refractivity contribution in [3.05, 3.63) is 76.4 Å². The van der Waals surface area contributed by atoms with Gasteiger partial charge in [0.25, 0.3) is 11.6 Å². The van der Waals surface area contributed by atoms with Crippen molar-refractivity contribution in [3.63, 3.8) is 0 Å². The van der Waals surface area contributed by atoms with Crippen LogP contribution >= 0.6 is 7.75 Å². The van der Waals surface area contributed by atoms with Gasteiger partial charge in [0, 0.05) is 12.1 Å². The highest BCUT2D eigenvalue weighted by molar-refractivity contribution is 7.52. The molecule has 3 aromatic rings. The van der Waals surface area contributed by atoms with Gasteiger partial charge in [0.1, 0.15) is 42.2 Å². The number of carbonyl (C=O) groups excluding carboxylic acids is 2. The van der Waals surface area contributed by atoms with Gasteiger partial charge in [0.2, 0.25) is 5.82 Å². The fourth-order valence-electron chi connectivity index (χ4n) is 3.94. The highest BCUT2D eigenvalue weighted by atomic mass is 31.2. The first-order valence-corrected chi connectivity index (χ1v) is 14.1. The van der Waals surface area contributed by atoms with Crippen LogP contribution in [0.1, 0.15) is 35.4 Å². The van der Waals surface area contributed by atoms with Crippen LogP contribution in [0, 0.1) is 10.1 Å². The molecule has 1 fully saturated rings. The van der Waals surface area contributed by atoms with E-state index >= 15 is 0 Å². The number of primary amides is 1. The fraction of sp³-hybridized carbons (Fsp3) is 0.333. The number of nitro benzene ring substituents is 1. The molecule has 6 atom stereocenters. The Kier molecular flexibility index (Phi) is 9.70. The molecule has 1 saturated heterocycles. The van der Waals surface area contributed by atoms with Gasteiger partial charge in [-0.3, -0.25) is 19.4 Å². The minimum absolute atomic E-state index is 0.0371. The van der Waals surface area contributed by atoms with Gasteiger partial charge in [-0.05, 0) is 36.8 Å². The Morgan fingerprint density at radius 2 is 1.86 bits per heavy atom. The number of aromatic hydroxyl groups is 1. The third-order valence-corrected chi connectivity index (χ3v) is 7.56. The van der Waals surface area contributed by atoms with E-state index in [1.54, 1.807) is 6.92 Å². The van der Waals surface area contributed by atoms with E-state index in [2.05, 4.69) is 15.2 Å². The average molecular weight is 622 g/mol. The number of aromatic nitrogens is 3. The van der Waals surface area contributed by atoms with Crippen molar-refractivity contribution in [2.45, 2.75) is 37.5 Å². The molecule has 1 aromatic heterocycles. The second-order valence-corrected chi connectivity index (χ2v) is 10.7. The number of esters is 1. The molecule has 18 nitrogen and oxygen atoms in total. The standard InChI is InChI=1S/C24H27N6O12P/c1-2-39-24(35)18(13-3-7-15(31)8-4-13)28-43(38,42-16-9-5-14(6-10-16)30(36)37)40-11-17-19(32)20(33)23(41-17)29-12-26-22(27-29)21(25)34/h3-10,12,17-20,23,31-33H,2,11H2,1H3,(H2,25,34)(H,28,38)/t17?,18-,19+,20+,23+,43?/m0/s1. The van der Waals surface area contributed by atoms with E-state index in [1.807, 2.05) is 0 Å². The minimum atomic E-state index is -4.64. The molecule has 43 heavy (non-hydrogen) atoms.